The van der Waals surface area contributed by atoms with Crippen LogP contribution < -0.4 is 10.1 Å². The quantitative estimate of drug-likeness (QED) is 0.803. The molecule has 120 valence electrons. The van der Waals surface area contributed by atoms with E-state index in [1.54, 1.807) is 18.2 Å². The van der Waals surface area contributed by atoms with Gasteiger partial charge in [0.1, 0.15) is 18.0 Å². The zero-order valence-corrected chi connectivity index (χ0v) is 14.5. The molecule has 1 aromatic rings. The van der Waals surface area contributed by atoms with E-state index in [0.717, 1.165) is 19.1 Å². The highest BCUT2D eigenvalue weighted by molar-refractivity contribution is 9.10. The molecule has 1 aliphatic carbocycles. The third-order valence-corrected chi connectivity index (χ3v) is 3.95. The van der Waals surface area contributed by atoms with Crippen LogP contribution in [0.15, 0.2) is 22.7 Å². The number of halogens is 1. The second-order valence-corrected chi connectivity index (χ2v) is 7.32. The molecule has 1 amide bonds. The second kappa shape index (κ2) is 6.28. The number of rotatable bonds is 5. The van der Waals surface area contributed by atoms with Crippen LogP contribution in [0.1, 0.15) is 44.0 Å². The minimum absolute atomic E-state index is 0.309. The van der Waals surface area contributed by atoms with Crippen LogP contribution in [-0.4, -0.2) is 30.1 Å². The van der Waals surface area contributed by atoms with E-state index in [4.69, 9.17) is 9.47 Å². The fraction of sp³-hybridized carbons (Fsp3) is 0.500. The molecule has 5 nitrogen and oxygen atoms in total. The molecule has 0 atom stereocenters. The lowest BCUT2D eigenvalue weighted by Crippen LogP contribution is -2.44. The van der Waals surface area contributed by atoms with Crippen molar-refractivity contribution in [1.29, 1.82) is 0 Å². The third-order valence-electron chi connectivity index (χ3n) is 3.25. The highest BCUT2D eigenvalue weighted by atomic mass is 79.9. The lowest BCUT2D eigenvalue weighted by Gasteiger charge is -2.23. The van der Waals surface area contributed by atoms with Gasteiger partial charge in [0.15, 0.2) is 6.29 Å². The Labute approximate surface area is 138 Å². The molecule has 22 heavy (non-hydrogen) atoms. The molecule has 0 spiro atoms. The predicted octanol–water partition coefficient (Wildman–Crippen LogP) is 3.70. The van der Waals surface area contributed by atoms with Crippen molar-refractivity contribution in [2.24, 2.45) is 0 Å². The second-order valence-electron chi connectivity index (χ2n) is 6.47. The summed E-state index contributed by atoms with van der Waals surface area (Å²) in [7, 11) is 0. The highest BCUT2D eigenvalue weighted by Gasteiger charge is 2.46. The summed E-state index contributed by atoms with van der Waals surface area (Å²) in [6.45, 7) is 5.77. The topological polar surface area (TPSA) is 64.6 Å². The lowest BCUT2D eigenvalue weighted by molar-refractivity contribution is 0.0476. The van der Waals surface area contributed by atoms with Gasteiger partial charge in [0, 0.05) is 4.47 Å². The van der Waals surface area contributed by atoms with Gasteiger partial charge in [-0.25, -0.2) is 4.79 Å². The molecule has 1 aromatic carbocycles. The Bertz CT molecular complexity index is 576. The highest BCUT2D eigenvalue weighted by Crippen LogP contribution is 2.37. The van der Waals surface area contributed by atoms with Gasteiger partial charge in [-0.3, -0.25) is 4.79 Å². The molecular formula is C16H20BrNO4. The van der Waals surface area contributed by atoms with Gasteiger partial charge in [-0.05, 0) is 61.7 Å². The number of benzene rings is 1. The Morgan fingerprint density at radius 2 is 2.09 bits per heavy atom. The summed E-state index contributed by atoms with van der Waals surface area (Å²) in [5, 5.41) is 2.86. The molecule has 0 aromatic heterocycles. The van der Waals surface area contributed by atoms with Gasteiger partial charge in [0.25, 0.3) is 0 Å². The van der Waals surface area contributed by atoms with Gasteiger partial charge in [0.2, 0.25) is 0 Å². The van der Waals surface area contributed by atoms with Crippen molar-refractivity contribution in [2.75, 3.05) is 6.61 Å². The maximum Gasteiger partial charge on any atom is 0.408 e. The zero-order valence-electron chi connectivity index (χ0n) is 12.9. The summed E-state index contributed by atoms with van der Waals surface area (Å²) in [6, 6.07) is 5.31. The first-order valence-corrected chi connectivity index (χ1v) is 7.92. The minimum Gasteiger partial charge on any atom is -0.490 e. The van der Waals surface area contributed by atoms with Gasteiger partial charge in [-0.1, -0.05) is 6.07 Å². The van der Waals surface area contributed by atoms with E-state index in [1.807, 2.05) is 20.8 Å². The fourth-order valence-electron chi connectivity index (χ4n) is 1.95. The van der Waals surface area contributed by atoms with Crippen LogP contribution in [0.4, 0.5) is 4.79 Å². The molecule has 0 unspecified atom stereocenters. The fourth-order valence-corrected chi connectivity index (χ4v) is 2.39. The number of ether oxygens (including phenoxy) is 2. The number of carbonyl (C=O) groups excluding carboxylic acids is 2. The average molecular weight is 370 g/mol. The number of amides is 1. The van der Waals surface area contributed by atoms with Crippen LogP contribution in [0.3, 0.4) is 0 Å². The van der Waals surface area contributed by atoms with Crippen molar-refractivity contribution in [3.05, 3.63) is 28.2 Å². The summed E-state index contributed by atoms with van der Waals surface area (Å²) in [5.74, 6) is 0.502. The summed E-state index contributed by atoms with van der Waals surface area (Å²) in [6.07, 6.45) is 1.96. The Morgan fingerprint density at radius 1 is 1.41 bits per heavy atom. The minimum atomic E-state index is -0.532. The SMILES string of the molecule is CC(C)(C)OC(=O)NC1(COc2cccc(Br)c2C=O)CC1. The van der Waals surface area contributed by atoms with Crippen molar-refractivity contribution in [3.8, 4) is 5.75 Å². The Kier molecular flexibility index (Phi) is 4.80. The lowest BCUT2D eigenvalue weighted by atomic mass is 10.2. The molecule has 1 aliphatic rings. The van der Waals surface area contributed by atoms with Gasteiger partial charge in [-0.2, -0.15) is 0 Å². The van der Waals surface area contributed by atoms with E-state index in [-0.39, 0.29) is 0 Å². The molecular weight excluding hydrogens is 350 g/mol. The monoisotopic (exact) mass is 369 g/mol. The van der Waals surface area contributed by atoms with Gasteiger partial charge in [0.05, 0.1) is 11.1 Å². The smallest absolute Gasteiger partial charge is 0.408 e. The van der Waals surface area contributed by atoms with Crippen molar-refractivity contribution in [1.82, 2.24) is 5.32 Å². The molecule has 1 saturated carbocycles. The number of carbonyl (C=O) groups is 2. The van der Waals surface area contributed by atoms with Gasteiger partial charge in [-0.15, -0.1) is 0 Å². The van der Waals surface area contributed by atoms with Crippen LogP contribution in [0.2, 0.25) is 0 Å². The van der Waals surface area contributed by atoms with Crippen molar-refractivity contribution in [2.45, 2.75) is 44.8 Å². The Balaban J connectivity index is 1.95. The van der Waals surface area contributed by atoms with Crippen LogP contribution in [-0.2, 0) is 4.74 Å². The molecule has 0 heterocycles. The molecule has 0 bridgehead atoms. The maximum atomic E-state index is 11.9. The van der Waals surface area contributed by atoms with Crippen molar-refractivity contribution >= 4 is 28.3 Å². The average Bonchev–Trinajstić information content (AvgIpc) is 3.14. The van der Waals surface area contributed by atoms with Crippen LogP contribution in [0, 0.1) is 0 Å². The van der Waals surface area contributed by atoms with Crippen molar-refractivity contribution < 1.29 is 19.1 Å². The number of alkyl carbamates (subject to hydrolysis) is 1. The molecule has 0 radical (unpaired) electrons. The van der Waals surface area contributed by atoms with Crippen LogP contribution in [0.5, 0.6) is 5.75 Å². The predicted molar refractivity (Wildman–Crippen MR) is 86.4 cm³/mol. The molecule has 2 rings (SSSR count). The Hall–Kier alpha value is -1.56. The molecule has 0 aliphatic heterocycles. The normalized spacial score (nSPS) is 15.8. The van der Waals surface area contributed by atoms with Gasteiger partial charge >= 0.3 is 6.09 Å². The van der Waals surface area contributed by atoms with Crippen LogP contribution in [0.25, 0.3) is 0 Å². The van der Waals surface area contributed by atoms with Gasteiger partial charge < -0.3 is 14.8 Å². The van der Waals surface area contributed by atoms with E-state index in [1.165, 1.54) is 0 Å². The van der Waals surface area contributed by atoms with Crippen LogP contribution >= 0.6 is 15.9 Å². The summed E-state index contributed by atoms with van der Waals surface area (Å²) < 4.78 is 11.7. The number of nitrogens with one attached hydrogen (secondary N) is 1. The number of hydrogen-bond donors (Lipinski definition) is 1. The van der Waals surface area contributed by atoms with E-state index < -0.39 is 17.2 Å². The largest absolute Gasteiger partial charge is 0.490 e. The maximum absolute atomic E-state index is 11.9. The molecule has 6 heteroatoms. The number of hydrogen-bond acceptors (Lipinski definition) is 4. The third kappa shape index (κ3) is 4.47. The first-order valence-electron chi connectivity index (χ1n) is 7.12. The number of aldehydes is 1. The summed E-state index contributed by atoms with van der Waals surface area (Å²) in [4.78, 5) is 23.0. The Morgan fingerprint density at radius 3 is 2.64 bits per heavy atom. The van der Waals surface area contributed by atoms with Crippen molar-refractivity contribution in [3.63, 3.8) is 0 Å². The molecule has 0 saturated heterocycles. The van der Waals surface area contributed by atoms with E-state index in [0.29, 0.717) is 22.4 Å². The van der Waals surface area contributed by atoms with E-state index in [2.05, 4.69) is 21.2 Å². The summed E-state index contributed by atoms with van der Waals surface area (Å²) in [5.41, 5.74) is -0.462. The zero-order chi connectivity index (χ0) is 16.4. The van der Waals surface area contributed by atoms with E-state index in [9.17, 15) is 9.59 Å². The first kappa shape index (κ1) is 16.8. The van der Waals surface area contributed by atoms with E-state index >= 15 is 0 Å². The standard InChI is InChI=1S/C16H20BrNO4/c1-15(2,3)22-14(20)18-16(7-8-16)10-21-13-6-4-5-12(17)11(13)9-19/h4-6,9H,7-8,10H2,1-3H3,(H,18,20). The molecule has 1 N–H and O–H groups in total. The first-order chi connectivity index (χ1) is 10.2. The molecule has 1 fully saturated rings. The summed E-state index contributed by atoms with van der Waals surface area (Å²) >= 11 is 3.32.